The van der Waals surface area contributed by atoms with Gasteiger partial charge in [-0.05, 0) is 50.1 Å². The molecule has 1 aromatic heterocycles. The van der Waals surface area contributed by atoms with Crippen molar-refractivity contribution in [1.82, 2.24) is 4.98 Å². The summed E-state index contributed by atoms with van der Waals surface area (Å²) in [6.07, 6.45) is 3.20. The lowest BCUT2D eigenvalue weighted by Crippen LogP contribution is -2.26. The van der Waals surface area contributed by atoms with E-state index in [2.05, 4.69) is 15.6 Å². The summed E-state index contributed by atoms with van der Waals surface area (Å²) in [5.74, 6) is -0.217. The van der Waals surface area contributed by atoms with E-state index in [-0.39, 0.29) is 12.0 Å². The van der Waals surface area contributed by atoms with E-state index >= 15 is 0 Å². The van der Waals surface area contributed by atoms with E-state index in [1.165, 1.54) is 7.11 Å². The summed E-state index contributed by atoms with van der Waals surface area (Å²) in [6.45, 7) is 3.75. The molecule has 0 radical (unpaired) electrons. The molecule has 0 aliphatic carbocycles. The highest BCUT2D eigenvalue weighted by atomic mass is 35.5. The van der Waals surface area contributed by atoms with Gasteiger partial charge in [-0.3, -0.25) is 4.79 Å². The number of rotatable bonds is 7. The van der Waals surface area contributed by atoms with E-state index in [1.807, 2.05) is 44.3 Å². The summed E-state index contributed by atoms with van der Waals surface area (Å²) < 4.78 is 4.86. The number of para-hydroxylation sites is 1. The highest BCUT2D eigenvalue weighted by molar-refractivity contribution is 7.15. The lowest BCUT2D eigenvalue weighted by Gasteiger charge is -2.20. The summed E-state index contributed by atoms with van der Waals surface area (Å²) in [6, 6.07) is 14.2. The van der Waals surface area contributed by atoms with Gasteiger partial charge >= 0.3 is 12.0 Å². The van der Waals surface area contributed by atoms with Crippen molar-refractivity contribution in [1.29, 1.82) is 0 Å². The highest BCUT2D eigenvalue weighted by Crippen LogP contribution is 2.30. The Bertz CT molecular complexity index is 1060. The first-order chi connectivity index (χ1) is 14.8. The van der Waals surface area contributed by atoms with Gasteiger partial charge in [0.2, 0.25) is 0 Å². The number of aryl methyl sites for hydroxylation is 1. The third kappa shape index (κ3) is 6.06. The minimum absolute atomic E-state index is 0.217. The molecule has 0 atom stereocenters. The van der Waals surface area contributed by atoms with Crippen LogP contribution in [0.3, 0.4) is 0 Å². The molecule has 0 fully saturated rings. The van der Waals surface area contributed by atoms with Crippen LogP contribution in [0, 0.1) is 5.41 Å². The van der Waals surface area contributed by atoms with Gasteiger partial charge < -0.3 is 15.4 Å². The Morgan fingerprint density at radius 1 is 1.10 bits per heavy atom. The SMILES string of the molecule is COC(=O)C(C)(C)CCc1ncc(-c2ccc(NC(=O)Nc3ccccc3Cl)cc2)s1. The van der Waals surface area contributed by atoms with Crippen LogP contribution in [-0.4, -0.2) is 24.1 Å². The first-order valence-electron chi connectivity index (χ1n) is 9.74. The molecular weight excluding hydrogens is 434 g/mol. The third-order valence-corrected chi connectivity index (χ3v) is 6.24. The smallest absolute Gasteiger partial charge is 0.323 e. The summed E-state index contributed by atoms with van der Waals surface area (Å²) in [4.78, 5) is 29.5. The zero-order valence-electron chi connectivity index (χ0n) is 17.6. The normalized spacial score (nSPS) is 11.1. The Balaban J connectivity index is 1.58. The summed E-state index contributed by atoms with van der Waals surface area (Å²) >= 11 is 7.65. The molecule has 0 spiro atoms. The number of methoxy groups -OCH3 is 1. The van der Waals surface area contributed by atoms with Crippen molar-refractivity contribution in [3.05, 3.63) is 64.8 Å². The second-order valence-corrected chi connectivity index (χ2v) is 9.15. The van der Waals surface area contributed by atoms with E-state index in [1.54, 1.807) is 35.6 Å². The molecule has 0 unspecified atom stereocenters. The lowest BCUT2D eigenvalue weighted by molar-refractivity contribution is -0.151. The maximum absolute atomic E-state index is 12.2. The number of nitrogens with zero attached hydrogens (tertiary/aromatic N) is 1. The van der Waals surface area contributed by atoms with Gasteiger partial charge in [0.15, 0.2) is 0 Å². The third-order valence-electron chi connectivity index (χ3n) is 4.80. The van der Waals surface area contributed by atoms with E-state index in [0.717, 1.165) is 15.4 Å². The Morgan fingerprint density at radius 3 is 2.48 bits per heavy atom. The molecule has 2 N–H and O–H groups in total. The number of esters is 1. The number of urea groups is 1. The van der Waals surface area contributed by atoms with Crippen LogP contribution in [-0.2, 0) is 16.0 Å². The largest absolute Gasteiger partial charge is 0.469 e. The van der Waals surface area contributed by atoms with Gasteiger partial charge in [-0.1, -0.05) is 35.9 Å². The van der Waals surface area contributed by atoms with Gasteiger partial charge in [0.1, 0.15) is 0 Å². The van der Waals surface area contributed by atoms with Crippen molar-refractivity contribution in [3.63, 3.8) is 0 Å². The topological polar surface area (TPSA) is 80.3 Å². The Kier molecular flexibility index (Phi) is 7.30. The number of hydrogen-bond acceptors (Lipinski definition) is 5. The summed E-state index contributed by atoms with van der Waals surface area (Å²) in [5.41, 5.74) is 1.68. The molecular formula is C23H24ClN3O3S. The number of benzene rings is 2. The molecule has 0 saturated heterocycles. The molecule has 2 aromatic carbocycles. The quantitative estimate of drug-likeness (QED) is 0.411. The van der Waals surface area contributed by atoms with Crippen LogP contribution in [0.4, 0.5) is 16.2 Å². The van der Waals surface area contributed by atoms with Gasteiger partial charge in [0.25, 0.3) is 0 Å². The number of thiazole rings is 1. The van der Waals surface area contributed by atoms with Crippen molar-refractivity contribution in [2.45, 2.75) is 26.7 Å². The van der Waals surface area contributed by atoms with Crippen LogP contribution < -0.4 is 10.6 Å². The first-order valence-corrected chi connectivity index (χ1v) is 10.9. The van der Waals surface area contributed by atoms with Crippen LogP contribution in [0.15, 0.2) is 54.7 Å². The van der Waals surface area contributed by atoms with Crippen LogP contribution in [0.5, 0.6) is 0 Å². The molecule has 0 aliphatic heterocycles. The number of amides is 2. The Hall–Kier alpha value is -2.90. The molecule has 3 aromatic rings. The maximum atomic E-state index is 12.2. The number of nitrogens with one attached hydrogen (secondary N) is 2. The molecule has 0 saturated carbocycles. The zero-order chi connectivity index (χ0) is 22.4. The molecule has 6 nitrogen and oxygen atoms in total. The average molecular weight is 458 g/mol. The molecule has 0 aliphatic rings. The fourth-order valence-corrected chi connectivity index (χ4v) is 4.03. The van der Waals surface area contributed by atoms with Crippen molar-refractivity contribution in [2.24, 2.45) is 5.41 Å². The maximum Gasteiger partial charge on any atom is 0.323 e. The summed E-state index contributed by atoms with van der Waals surface area (Å²) in [5, 5.41) is 6.96. The highest BCUT2D eigenvalue weighted by Gasteiger charge is 2.28. The standard InChI is InChI=1S/C23H24ClN3O3S/c1-23(2,21(28)30-3)13-12-20-25-14-19(31-20)15-8-10-16(11-9-15)26-22(29)27-18-7-5-4-6-17(18)24/h4-11,14H,12-13H2,1-3H3,(H2,26,27,29). The van der Waals surface area contributed by atoms with Gasteiger partial charge in [-0.25, -0.2) is 9.78 Å². The molecule has 3 rings (SSSR count). The molecule has 0 bridgehead atoms. The Morgan fingerprint density at radius 2 is 1.81 bits per heavy atom. The molecule has 31 heavy (non-hydrogen) atoms. The van der Waals surface area contributed by atoms with E-state index in [9.17, 15) is 9.59 Å². The predicted octanol–water partition coefficient (Wildman–Crippen LogP) is 6.24. The van der Waals surface area contributed by atoms with E-state index in [4.69, 9.17) is 16.3 Å². The van der Waals surface area contributed by atoms with Gasteiger partial charge in [-0.2, -0.15) is 0 Å². The van der Waals surface area contributed by atoms with E-state index < -0.39 is 5.41 Å². The Labute approximate surface area is 190 Å². The second-order valence-electron chi connectivity index (χ2n) is 7.63. The number of aromatic nitrogens is 1. The molecule has 1 heterocycles. The van der Waals surface area contributed by atoms with Crippen LogP contribution in [0.1, 0.15) is 25.3 Å². The van der Waals surface area contributed by atoms with Crippen molar-refractivity contribution < 1.29 is 14.3 Å². The van der Waals surface area contributed by atoms with E-state index in [0.29, 0.717) is 29.2 Å². The molecule has 2 amide bonds. The number of carbonyl (C=O) groups is 2. The van der Waals surface area contributed by atoms with Gasteiger partial charge in [0.05, 0.1) is 33.1 Å². The minimum atomic E-state index is -0.543. The fourth-order valence-electron chi connectivity index (χ4n) is 2.92. The van der Waals surface area contributed by atoms with Gasteiger partial charge in [0, 0.05) is 18.3 Å². The van der Waals surface area contributed by atoms with Crippen molar-refractivity contribution in [2.75, 3.05) is 17.7 Å². The monoisotopic (exact) mass is 457 g/mol. The van der Waals surface area contributed by atoms with Crippen LogP contribution in [0.2, 0.25) is 5.02 Å². The zero-order valence-corrected chi connectivity index (χ0v) is 19.1. The summed E-state index contributed by atoms with van der Waals surface area (Å²) in [7, 11) is 1.41. The van der Waals surface area contributed by atoms with Crippen molar-refractivity contribution in [3.8, 4) is 10.4 Å². The van der Waals surface area contributed by atoms with Crippen LogP contribution in [0.25, 0.3) is 10.4 Å². The number of anilines is 2. The van der Waals surface area contributed by atoms with Gasteiger partial charge in [-0.15, -0.1) is 11.3 Å². The lowest BCUT2D eigenvalue weighted by atomic mass is 9.88. The van der Waals surface area contributed by atoms with Crippen molar-refractivity contribution >= 4 is 46.3 Å². The molecule has 162 valence electrons. The number of halogens is 1. The predicted molar refractivity (Wildman–Crippen MR) is 126 cm³/mol. The fraction of sp³-hybridized carbons (Fsp3) is 0.261. The first kappa shape index (κ1) is 22.8. The minimum Gasteiger partial charge on any atom is -0.469 e. The average Bonchev–Trinajstić information content (AvgIpc) is 3.23. The number of carbonyl (C=O) groups excluding carboxylic acids is 2. The number of hydrogen-bond donors (Lipinski definition) is 2. The second kappa shape index (κ2) is 9.94. The molecule has 8 heteroatoms. The number of ether oxygens (including phenoxy) is 1. The van der Waals surface area contributed by atoms with Crippen LogP contribution >= 0.6 is 22.9 Å².